The Morgan fingerprint density at radius 1 is 1.09 bits per heavy atom. The van der Waals surface area contributed by atoms with Gasteiger partial charge in [0.05, 0.1) is 15.7 Å². The van der Waals surface area contributed by atoms with Crippen molar-refractivity contribution in [3.63, 3.8) is 0 Å². The molecule has 1 saturated heterocycles. The molecule has 9 heteroatoms. The van der Waals surface area contributed by atoms with Crippen LogP contribution >= 0.6 is 23.2 Å². The van der Waals surface area contributed by atoms with Crippen LogP contribution in [-0.4, -0.2) is 51.1 Å². The number of halogens is 2. The van der Waals surface area contributed by atoms with Gasteiger partial charge in [0.15, 0.2) is 0 Å². The quantitative estimate of drug-likeness (QED) is 0.641. The number of nitrogens with zero attached hydrogens (tertiary/aromatic N) is 3. The van der Waals surface area contributed by atoms with Gasteiger partial charge in [-0.25, -0.2) is 14.8 Å². The predicted octanol–water partition coefficient (Wildman–Crippen LogP) is 5.36. The molecular formula is C23H28Cl2N4O3. The molecule has 1 aliphatic rings. The summed E-state index contributed by atoms with van der Waals surface area (Å²) in [6, 6.07) is 6.85. The first-order chi connectivity index (χ1) is 15.0. The first kappa shape index (κ1) is 24.3. The van der Waals surface area contributed by atoms with Crippen LogP contribution in [-0.2, 0) is 4.74 Å². The summed E-state index contributed by atoms with van der Waals surface area (Å²) in [4.78, 5) is 35.6. The minimum Gasteiger partial charge on any atom is -0.444 e. The Bertz CT molecular complexity index is 1010. The zero-order chi connectivity index (χ0) is 23.5. The van der Waals surface area contributed by atoms with E-state index >= 15 is 0 Å². The van der Waals surface area contributed by atoms with Crippen LogP contribution in [0.1, 0.15) is 57.4 Å². The number of carbonyl (C=O) groups excluding carboxylic acids is 2. The second kappa shape index (κ2) is 9.63. The molecule has 0 radical (unpaired) electrons. The van der Waals surface area contributed by atoms with E-state index in [1.807, 2.05) is 27.7 Å². The van der Waals surface area contributed by atoms with Crippen LogP contribution in [0.2, 0.25) is 10.0 Å². The maximum absolute atomic E-state index is 13.2. The average Bonchev–Trinajstić information content (AvgIpc) is 2.89. The molecule has 1 aromatic heterocycles. The van der Waals surface area contributed by atoms with E-state index in [1.165, 1.54) is 6.33 Å². The summed E-state index contributed by atoms with van der Waals surface area (Å²) in [5.74, 6) is -0.171. The van der Waals surface area contributed by atoms with Crippen molar-refractivity contribution in [3.05, 3.63) is 46.3 Å². The highest BCUT2D eigenvalue weighted by Crippen LogP contribution is 2.28. The molecule has 0 saturated carbocycles. The monoisotopic (exact) mass is 478 g/mol. The van der Waals surface area contributed by atoms with Crippen molar-refractivity contribution in [2.75, 3.05) is 13.1 Å². The fraction of sp³-hybridized carbons (Fsp3) is 0.478. The fourth-order valence-corrected chi connectivity index (χ4v) is 3.90. The Balaban J connectivity index is 1.70. The highest BCUT2D eigenvalue weighted by atomic mass is 35.5. The van der Waals surface area contributed by atoms with Crippen LogP contribution in [0.15, 0.2) is 30.6 Å². The van der Waals surface area contributed by atoms with E-state index in [0.717, 1.165) is 18.4 Å². The van der Waals surface area contributed by atoms with Gasteiger partial charge in [-0.15, -0.1) is 0 Å². The largest absolute Gasteiger partial charge is 0.444 e. The van der Waals surface area contributed by atoms with E-state index in [0.29, 0.717) is 40.9 Å². The van der Waals surface area contributed by atoms with Crippen molar-refractivity contribution in [1.29, 1.82) is 0 Å². The van der Waals surface area contributed by atoms with E-state index in [1.54, 1.807) is 29.2 Å². The molecule has 172 valence electrons. The molecule has 1 unspecified atom stereocenters. The van der Waals surface area contributed by atoms with E-state index in [9.17, 15) is 9.59 Å². The Hall–Kier alpha value is -2.38. The van der Waals surface area contributed by atoms with Crippen molar-refractivity contribution >= 4 is 35.2 Å². The number of hydrogen-bond acceptors (Lipinski definition) is 5. The number of hydrogen-bond donors (Lipinski definition) is 1. The lowest BCUT2D eigenvalue weighted by molar-refractivity contribution is 0.0454. The lowest BCUT2D eigenvalue weighted by Gasteiger charge is -2.31. The molecule has 2 heterocycles. The van der Waals surface area contributed by atoms with Gasteiger partial charge in [0, 0.05) is 24.2 Å². The van der Waals surface area contributed by atoms with Crippen molar-refractivity contribution in [3.8, 4) is 11.3 Å². The van der Waals surface area contributed by atoms with E-state index < -0.39 is 17.2 Å². The number of nitrogens with one attached hydrogen (secondary N) is 1. The molecule has 0 spiro atoms. The van der Waals surface area contributed by atoms with Crippen molar-refractivity contribution in [2.45, 2.75) is 58.1 Å². The molecule has 2 aromatic rings. The van der Waals surface area contributed by atoms with E-state index in [2.05, 4.69) is 15.3 Å². The summed E-state index contributed by atoms with van der Waals surface area (Å²) >= 11 is 12.1. The lowest BCUT2D eigenvalue weighted by atomic mass is 9.93. The van der Waals surface area contributed by atoms with Gasteiger partial charge in [0.1, 0.15) is 17.6 Å². The SMILES string of the molecule is CC1(NC(=O)OC(C)(C)C)CCCN(C(=O)c2cc(-c3ccc(Cl)c(Cl)c3)ncn2)CC1. The average molecular weight is 479 g/mol. The standard InChI is InChI=1S/C23H28Cl2N4O3/c1-22(2,3)32-21(31)28-23(4)8-5-10-29(11-9-23)20(30)19-13-18(26-14-27-19)15-6-7-16(24)17(25)12-15/h6-7,12-14H,5,8-11H2,1-4H3,(H,28,31). The number of amides is 2. The second-order valence-electron chi connectivity index (χ2n) is 9.25. The molecule has 1 atom stereocenters. The van der Waals surface area contributed by atoms with Gasteiger partial charge >= 0.3 is 6.09 Å². The zero-order valence-electron chi connectivity index (χ0n) is 18.7. The third-order valence-corrected chi connectivity index (χ3v) is 6.02. The zero-order valence-corrected chi connectivity index (χ0v) is 20.3. The molecule has 32 heavy (non-hydrogen) atoms. The maximum Gasteiger partial charge on any atom is 0.408 e. The molecule has 1 fully saturated rings. The van der Waals surface area contributed by atoms with Crippen molar-refractivity contribution in [1.82, 2.24) is 20.2 Å². The molecule has 1 aliphatic heterocycles. The normalized spacial score (nSPS) is 19.2. The van der Waals surface area contributed by atoms with E-state index in [4.69, 9.17) is 27.9 Å². The van der Waals surface area contributed by atoms with Gasteiger partial charge in [-0.3, -0.25) is 4.79 Å². The number of aromatic nitrogens is 2. The Morgan fingerprint density at radius 3 is 2.53 bits per heavy atom. The number of ether oxygens (including phenoxy) is 1. The van der Waals surface area contributed by atoms with Gasteiger partial charge < -0.3 is 15.0 Å². The van der Waals surface area contributed by atoms with Crippen LogP contribution in [0.3, 0.4) is 0 Å². The number of alkyl carbamates (subject to hydrolysis) is 1. The van der Waals surface area contributed by atoms with Crippen LogP contribution in [0.5, 0.6) is 0 Å². The fourth-order valence-electron chi connectivity index (χ4n) is 3.61. The molecule has 7 nitrogen and oxygen atoms in total. The summed E-state index contributed by atoms with van der Waals surface area (Å²) in [6.07, 6.45) is 3.04. The topological polar surface area (TPSA) is 84.4 Å². The molecule has 3 rings (SSSR count). The lowest BCUT2D eigenvalue weighted by Crippen LogP contribution is -2.48. The minimum atomic E-state index is -0.563. The van der Waals surface area contributed by atoms with Crippen molar-refractivity contribution < 1.29 is 14.3 Å². The first-order valence-corrected chi connectivity index (χ1v) is 11.3. The summed E-state index contributed by atoms with van der Waals surface area (Å²) < 4.78 is 5.40. The molecule has 2 amide bonds. The van der Waals surface area contributed by atoms with Crippen LogP contribution in [0.4, 0.5) is 4.79 Å². The van der Waals surface area contributed by atoms with Gasteiger partial charge in [0.25, 0.3) is 5.91 Å². The maximum atomic E-state index is 13.2. The number of carbonyl (C=O) groups is 2. The smallest absolute Gasteiger partial charge is 0.408 e. The number of benzene rings is 1. The highest BCUT2D eigenvalue weighted by molar-refractivity contribution is 6.42. The van der Waals surface area contributed by atoms with Crippen LogP contribution in [0.25, 0.3) is 11.3 Å². The van der Waals surface area contributed by atoms with Crippen LogP contribution in [0, 0.1) is 0 Å². The molecule has 0 bridgehead atoms. The minimum absolute atomic E-state index is 0.171. The van der Waals surface area contributed by atoms with Gasteiger partial charge in [-0.2, -0.15) is 0 Å². The van der Waals surface area contributed by atoms with Gasteiger partial charge in [-0.05, 0) is 65.2 Å². The molecule has 1 N–H and O–H groups in total. The van der Waals surface area contributed by atoms with Crippen molar-refractivity contribution in [2.24, 2.45) is 0 Å². The molecule has 0 aliphatic carbocycles. The Kier molecular flexibility index (Phi) is 7.30. The summed E-state index contributed by atoms with van der Waals surface area (Å²) in [5.41, 5.74) is 0.638. The Morgan fingerprint density at radius 2 is 1.84 bits per heavy atom. The Labute approximate surface area is 198 Å². The first-order valence-electron chi connectivity index (χ1n) is 10.5. The van der Waals surface area contributed by atoms with E-state index in [-0.39, 0.29) is 5.91 Å². The second-order valence-corrected chi connectivity index (χ2v) is 10.1. The third-order valence-electron chi connectivity index (χ3n) is 5.28. The third kappa shape index (κ3) is 6.33. The number of rotatable bonds is 3. The molecule has 1 aromatic carbocycles. The number of likely N-dealkylation sites (tertiary alicyclic amines) is 1. The summed E-state index contributed by atoms with van der Waals surface area (Å²) in [7, 11) is 0. The molecular weight excluding hydrogens is 451 g/mol. The van der Waals surface area contributed by atoms with Gasteiger partial charge in [-0.1, -0.05) is 29.3 Å². The predicted molar refractivity (Wildman–Crippen MR) is 125 cm³/mol. The summed E-state index contributed by atoms with van der Waals surface area (Å²) in [6.45, 7) is 8.55. The van der Waals surface area contributed by atoms with Gasteiger partial charge in [0.2, 0.25) is 0 Å². The summed E-state index contributed by atoms with van der Waals surface area (Å²) in [5, 5.41) is 3.85. The van der Waals surface area contributed by atoms with Crippen LogP contribution < -0.4 is 5.32 Å². The highest BCUT2D eigenvalue weighted by Gasteiger charge is 2.33.